The van der Waals surface area contributed by atoms with Crippen molar-refractivity contribution in [1.82, 2.24) is 10.2 Å². The van der Waals surface area contributed by atoms with Gasteiger partial charge in [-0.1, -0.05) is 17.7 Å². The van der Waals surface area contributed by atoms with Gasteiger partial charge in [-0.2, -0.15) is 0 Å². The van der Waals surface area contributed by atoms with Gasteiger partial charge >= 0.3 is 0 Å². The summed E-state index contributed by atoms with van der Waals surface area (Å²) < 4.78 is 13.0. The lowest BCUT2D eigenvalue weighted by Crippen LogP contribution is -2.44. The van der Waals surface area contributed by atoms with Gasteiger partial charge < -0.3 is 10.2 Å². The van der Waals surface area contributed by atoms with Crippen LogP contribution in [0.5, 0.6) is 0 Å². The molecule has 1 heterocycles. The fourth-order valence-electron chi connectivity index (χ4n) is 2.66. The minimum atomic E-state index is -0.319. The third kappa shape index (κ3) is 3.70. The number of amides is 1. The summed E-state index contributed by atoms with van der Waals surface area (Å²) in [4.78, 5) is 13.1. The van der Waals surface area contributed by atoms with E-state index >= 15 is 0 Å². The summed E-state index contributed by atoms with van der Waals surface area (Å²) in [6, 6.07) is 4.92. The summed E-state index contributed by atoms with van der Waals surface area (Å²) in [7, 11) is 0. The molecule has 1 aliphatic rings. The predicted molar refractivity (Wildman–Crippen MR) is 78.2 cm³/mol. The van der Waals surface area contributed by atoms with Gasteiger partial charge in [-0.05, 0) is 37.5 Å². The highest BCUT2D eigenvalue weighted by Crippen LogP contribution is 2.25. The van der Waals surface area contributed by atoms with Crippen LogP contribution in [0.4, 0.5) is 4.39 Å². The van der Waals surface area contributed by atoms with Gasteiger partial charge in [-0.15, -0.1) is 0 Å². The smallest absolute Gasteiger partial charge is 0.219 e. The van der Waals surface area contributed by atoms with Crippen molar-refractivity contribution in [3.05, 3.63) is 34.6 Å². The number of likely N-dealkylation sites (tertiary alicyclic amines) is 1. The molecule has 0 radical (unpaired) electrons. The van der Waals surface area contributed by atoms with Crippen LogP contribution in [-0.4, -0.2) is 29.9 Å². The maximum Gasteiger partial charge on any atom is 0.219 e. The van der Waals surface area contributed by atoms with Gasteiger partial charge in [0.25, 0.3) is 0 Å². The number of nitrogens with zero attached hydrogens (tertiary/aromatic N) is 1. The Bertz CT molecular complexity index is 487. The molecule has 1 saturated heterocycles. The zero-order chi connectivity index (χ0) is 14.7. The number of halogens is 2. The highest BCUT2D eigenvalue weighted by molar-refractivity contribution is 6.31. The first-order valence-electron chi connectivity index (χ1n) is 6.94. The van der Waals surface area contributed by atoms with Crippen molar-refractivity contribution in [1.29, 1.82) is 0 Å². The molecule has 0 bridgehead atoms. The molecule has 0 aromatic heterocycles. The summed E-state index contributed by atoms with van der Waals surface area (Å²) in [5.41, 5.74) is 0.905. The Kier molecular flexibility index (Phi) is 5.00. The Balaban J connectivity index is 1.92. The molecular weight excluding hydrogens is 279 g/mol. The first-order valence-corrected chi connectivity index (χ1v) is 7.31. The number of carbonyl (C=O) groups is 1. The van der Waals surface area contributed by atoms with E-state index in [0.29, 0.717) is 11.1 Å². The lowest BCUT2D eigenvalue weighted by atomic mass is 10.0. The van der Waals surface area contributed by atoms with Crippen LogP contribution in [-0.2, 0) is 4.79 Å². The number of benzene rings is 1. The zero-order valence-electron chi connectivity index (χ0n) is 11.8. The van der Waals surface area contributed by atoms with E-state index in [4.69, 9.17) is 11.6 Å². The molecular formula is C15H20ClFN2O. The first-order chi connectivity index (χ1) is 9.47. The van der Waals surface area contributed by atoms with Crippen molar-refractivity contribution < 1.29 is 9.18 Å². The second kappa shape index (κ2) is 6.55. The van der Waals surface area contributed by atoms with Gasteiger partial charge in [0.1, 0.15) is 5.82 Å². The van der Waals surface area contributed by atoms with Gasteiger partial charge in [-0.25, -0.2) is 4.39 Å². The predicted octanol–water partition coefficient (Wildman–Crippen LogP) is 3.14. The minimum absolute atomic E-state index is 0.0666. The Labute approximate surface area is 124 Å². The molecule has 0 unspecified atom stereocenters. The molecule has 20 heavy (non-hydrogen) atoms. The van der Waals surface area contributed by atoms with Gasteiger partial charge in [0.2, 0.25) is 5.91 Å². The van der Waals surface area contributed by atoms with Crippen LogP contribution in [0.2, 0.25) is 5.02 Å². The molecule has 2 rings (SSSR count). The van der Waals surface area contributed by atoms with E-state index in [2.05, 4.69) is 5.32 Å². The lowest BCUT2D eigenvalue weighted by Gasteiger charge is -2.33. The van der Waals surface area contributed by atoms with Crippen molar-refractivity contribution >= 4 is 17.5 Å². The zero-order valence-corrected chi connectivity index (χ0v) is 12.6. The number of rotatable bonds is 3. The van der Waals surface area contributed by atoms with E-state index in [0.717, 1.165) is 31.5 Å². The normalized spacial score (nSPS) is 18.1. The van der Waals surface area contributed by atoms with Crippen molar-refractivity contribution in [2.75, 3.05) is 13.1 Å². The van der Waals surface area contributed by atoms with Crippen LogP contribution in [0.3, 0.4) is 0 Å². The lowest BCUT2D eigenvalue weighted by molar-refractivity contribution is -0.129. The van der Waals surface area contributed by atoms with Crippen molar-refractivity contribution in [2.24, 2.45) is 0 Å². The van der Waals surface area contributed by atoms with E-state index < -0.39 is 0 Å². The Morgan fingerprint density at radius 2 is 2.10 bits per heavy atom. The summed E-state index contributed by atoms with van der Waals surface area (Å²) in [5.74, 6) is -0.182. The van der Waals surface area contributed by atoms with Gasteiger partial charge in [0.15, 0.2) is 0 Å². The summed E-state index contributed by atoms with van der Waals surface area (Å²) >= 11 is 6.07. The average Bonchev–Trinajstić information content (AvgIpc) is 2.39. The topological polar surface area (TPSA) is 32.3 Å². The van der Waals surface area contributed by atoms with Crippen LogP contribution in [0.25, 0.3) is 0 Å². The molecule has 0 aliphatic carbocycles. The van der Waals surface area contributed by atoms with Crippen LogP contribution < -0.4 is 5.32 Å². The summed E-state index contributed by atoms with van der Waals surface area (Å²) in [6.07, 6.45) is 1.87. The molecule has 1 aromatic rings. The van der Waals surface area contributed by atoms with E-state index in [9.17, 15) is 9.18 Å². The molecule has 110 valence electrons. The van der Waals surface area contributed by atoms with Gasteiger partial charge in [0, 0.05) is 37.1 Å². The maximum atomic E-state index is 13.0. The third-order valence-corrected chi connectivity index (χ3v) is 4.18. The van der Waals surface area contributed by atoms with E-state index in [-0.39, 0.29) is 17.8 Å². The standard InChI is InChI=1S/C15H20ClFN2O/c1-10(14-4-3-12(17)9-15(14)16)18-13-5-7-19(8-6-13)11(2)20/h3-4,9-10,13,18H,5-8H2,1-2H3/t10-/m0/s1. The quantitative estimate of drug-likeness (QED) is 0.930. The minimum Gasteiger partial charge on any atom is -0.343 e. The van der Waals surface area contributed by atoms with E-state index in [1.165, 1.54) is 12.1 Å². The summed E-state index contributed by atoms with van der Waals surface area (Å²) in [5, 5.41) is 3.96. The number of nitrogens with one attached hydrogen (secondary N) is 1. The van der Waals surface area contributed by atoms with Crippen LogP contribution in [0, 0.1) is 5.82 Å². The van der Waals surface area contributed by atoms with Crippen LogP contribution in [0.1, 0.15) is 38.3 Å². The van der Waals surface area contributed by atoms with E-state index in [1.54, 1.807) is 13.0 Å². The average molecular weight is 299 g/mol. The number of hydrogen-bond donors (Lipinski definition) is 1. The SMILES string of the molecule is CC(=O)N1CCC(N[C@@H](C)c2ccc(F)cc2Cl)CC1. The summed E-state index contributed by atoms with van der Waals surface area (Å²) in [6.45, 7) is 5.21. The van der Waals surface area contributed by atoms with Crippen molar-refractivity contribution in [2.45, 2.75) is 38.8 Å². The Morgan fingerprint density at radius 1 is 1.45 bits per heavy atom. The molecule has 1 amide bonds. The largest absolute Gasteiger partial charge is 0.343 e. The molecule has 1 N–H and O–H groups in total. The molecule has 1 atom stereocenters. The first kappa shape index (κ1) is 15.3. The van der Waals surface area contributed by atoms with Gasteiger partial charge in [-0.3, -0.25) is 4.79 Å². The monoisotopic (exact) mass is 298 g/mol. The highest BCUT2D eigenvalue weighted by atomic mass is 35.5. The molecule has 1 fully saturated rings. The van der Waals surface area contributed by atoms with Gasteiger partial charge in [0.05, 0.1) is 0 Å². The molecule has 3 nitrogen and oxygen atoms in total. The van der Waals surface area contributed by atoms with Crippen molar-refractivity contribution in [3.63, 3.8) is 0 Å². The molecule has 1 aromatic carbocycles. The number of carbonyl (C=O) groups excluding carboxylic acids is 1. The second-order valence-corrected chi connectivity index (χ2v) is 5.74. The molecule has 1 aliphatic heterocycles. The van der Waals surface area contributed by atoms with Crippen LogP contribution in [0.15, 0.2) is 18.2 Å². The third-order valence-electron chi connectivity index (χ3n) is 3.85. The molecule has 0 spiro atoms. The van der Waals surface area contributed by atoms with Crippen LogP contribution >= 0.6 is 11.6 Å². The molecule has 5 heteroatoms. The number of piperidine rings is 1. The fourth-order valence-corrected chi connectivity index (χ4v) is 2.99. The van der Waals surface area contributed by atoms with E-state index in [1.807, 2.05) is 11.8 Å². The number of hydrogen-bond acceptors (Lipinski definition) is 2. The molecule has 0 saturated carbocycles. The van der Waals surface area contributed by atoms with Crippen molar-refractivity contribution in [3.8, 4) is 0 Å². The maximum absolute atomic E-state index is 13.0. The second-order valence-electron chi connectivity index (χ2n) is 5.33. The highest BCUT2D eigenvalue weighted by Gasteiger charge is 2.22. The Hall–Kier alpha value is -1.13. The fraction of sp³-hybridized carbons (Fsp3) is 0.533. The Morgan fingerprint density at radius 3 is 2.65 bits per heavy atom.